The number of hydrogen-bond acceptors (Lipinski definition) is 3. The summed E-state index contributed by atoms with van der Waals surface area (Å²) in [6.45, 7) is 6.07. The number of fused-ring (bicyclic) bond motifs is 1. The minimum absolute atomic E-state index is 0.388. The molecule has 2 heterocycles. The van der Waals surface area contributed by atoms with Crippen molar-refractivity contribution in [3.8, 4) is 0 Å². The quantitative estimate of drug-likeness (QED) is 0.795. The molecule has 0 aliphatic heterocycles. The van der Waals surface area contributed by atoms with E-state index in [1.165, 1.54) is 0 Å². The van der Waals surface area contributed by atoms with Crippen LogP contribution in [0.5, 0.6) is 0 Å². The molecule has 0 aliphatic rings. The number of halogens is 1. The number of pyridine rings is 1. The van der Waals surface area contributed by atoms with Crippen molar-refractivity contribution >= 4 is 39.1 Å². The predicted molar refractivity (Wildman–Crippen MR) is 91.7 cm³/mol. The number of aromatic nitrogens is 2. The molecule has 0 saturated heterocycles. The first kappa shape index (κ1) is 16.5. The van der Waals surface area contributed by atoms with Gasteiger partial charge in [0.15, 0.2) is 0 Å². The summed E-state index contributed by atoms with van der Waals surface area (Å²) in [5, 5.41) is 3.79. The standard InChI is InChI=1S/C16H20BrN3O2/c1-16(2,3)22-15(21)18-7-5-4-6-11-9-19-14-13(11)8-12(17)10-20-14/h4,6,8-10H,5,7H2,1-3H3,(H,18,21)(H,19,20). The zero-order chi connectivity index (χ0) is 16.2. The highest BCUT2D eigenvalue weighted by atomic mass is 79.9. The molecule has 2 N–H and O–H groups in total. The summed E-state index contributed by atoms with van der Waals surface area (Å²) < 4.78 is 6.11. The van der Waals surface area contributed by atoms with Gasteiger partial charge >= 0.3 is 6.09 Å². The average Bonchev–Trinajstić information content (AvgIpc) is 2.79. The summed E-state index contributed by atoms with van der Waals surface area (Å²) >= 11 is 3.42. The largest absolute Gasteiger partial charge is 0.444 e. The van der Waals surface area contributed by atoms with E-state index in [1.54, 1.807) is 6.20 Å². The summed E-state index contributed by atoms with van der Waals surface area (Å²) in [7, 11) is 0. The first-order chi connectivity index (χ1) is 10.3. The van der Waals surface area contributed by atoms with Crippen molar-refractivity contribution in [2.45, 2.75) is 32.8 Å². The molecular weight excluding hydrogens is 346 g/mol. The highest BCUT2D eigenvalue weighted by molar-refractivity contribution is 9.10. The molecule has 0 unspecified atom stereocenters. The van der Waals surface area contributed by atoms with Gasteiger partial charge in [0.05, 0.1) is 0 Å². The van der Waals surface area contributed by atoms with Gasteiger partial charge in [-0.05, 0) is 49.2 Å². The molecule has 5 nitrogen and oxygen atoms in total. The maximum Gasteiger partial charge on any atom is 0.407 e. The molecule has 0 aromatic carbocycles. The Morgan fingerprint density at radius 1 is 1.50 bits per heavy atom. The van der Waals surface area contributed by atoms with E-state index < -0.39 is 5.60 Å². The van der Waals surface area contributed by atoms with E-state index in [0.717, 1.165) is 27.5 Å². The first-order valence-electron chi connectivity index (χ1n) is 7.11. The Kier molecular flexibility index (Phi) is 5.24. The molecule has 0 fully saturated rings. The van der Waals surface area contributed by atoms with Crippen LogP contribution in [-0.4, -0.2) is 28.2 Å². The smallest absolute Gasteiger partial charge is 0.407 e. The molecule has 2 rings (SSSR count). The van der Waals surface area contributed by atoms with Gasteiger partial charge < -0.3 is 15.0 Å². The van der Waals surface area contributed by atoms with Gasteiger partial charge in [-0.3, -0.25) is 0 Å². The second-order valence-corrected chi connectivity index (χ2v) is 6.83. The fourth-order valence-corrected chi connectivity index (χ4v) is 2.25. The predicted octanol–water partition coefficient (Wildman–Crippen LogP) is 4.25. The highest BCUT2D eigenvalue weighted by Crippen LogP contribution is 2.21. The van der Waals surface area contributed by atoms with Crippen molar-refractivity contribution in [2.75, 3.05) is 6.54 Å². The number of rotatable bonds is 4. The van der Waals surface area contributed by atoms with Gasteiger partial charge in [0.2, 0.25) is 0 Å². The molecule has 118 valence electrons. The molecule has 0 saturated carbocycles. The Morgan fingerprint density at radius 2 is 2.27 bits per heavy atom. The summed E-state index contributed by atoms with van der Waals surface area (Å²) in [6.07, 6.45) is 8.05. The molecule has 2 aromatic heterocycles. The number of nitrogens with one attached hydrogen (secondary N) is 2. The fraction of sp³-hybridized carbons (Fsp3) is 0.375. The number of nitrogens with zero attached hydrogens (tertiary/aromatic N) is 1. The summed E-state index contributed by atoms with van der Waals surface area (Å²) in [6, 6.07) is 2.03. The SMILES string of the molecule is CC(C)(C)OC(=O)NCCC=Cc1c[nH]c2ncc(Br)cc12. The Labute approximate surface area is 138 Å². The maximum atomic E-state index is 11.5. The third-order valence-corrected chi connectivity index (χ3v) is 3.24. The molecule has 1 amide bonds. The van der Waals surface area contributed by atoms with Crippen LogP contribution in [0.1, 0.15) is 32.8 Å². The monoisotopic (exact) mass is 365 g/mol. The second kappa shape index (κ2) is 6.96. The van der Waals surface area contributed by atoms with E-state index in [2.05, 4.69) is 31.2 Å². The van der Waals surface area contributed by atoms with Gasteiger partial charge in [0.25, 0.3) is 0 Å². The van der Waals surface area contributed by atoms with Crippen LogP contribution in [0.25, 0.3) is 17.1 Å². The van der Waals surface area contributed by atoms with Crippen molar-refractivity contribution in [2.24, 2.45) is 0 Å². The van der Waals surface area contributed by atoms with Gasteiger partial charge in [-0.2, -0.15) is 0 Å². The lowest BCUT2D eigenvalue weighted by molar-refractivity contribution is 0.0529. The Hall–Kier alpha value is -1.82. The van der Waals surface area contributed by atoms with E-state index in [1.807, 2.05) is 45.2 Å². The van der Waals surface area contributed by atoms with Crippen LogP contribution in [0, 0.1) is 0 Å². The number of carbonyl (C=O) groups excluding carboxylic acids is 1. The van der Waals surface area contributed by atoms with E-state index in [4.69, 9.17) is 4.74 Å². The van der Waals surface area contributed by atoms with E-state index in [0.29, 0.717) is 6.54 Å². The number of aromatic amines is 1. The topological polar surface area (TPSA) is 67.0 Å². The number of hydrogen-bond donors (Lipinski definition) is 2. The summed E-state index contributed by atoms with van der Waals surface area (Å²) in [5.41, 5.74) is 1.46. The molecule has 2 aromatic rings. The van der Waals surface area contributed by atoms with E-state index in [9.17, 15) is 4.79 Å². The lowest BCUT2D eigenvalue weighted by Crippen LogP contribution is -2.32. The first-order valence-corrected chi connectivity index (χ1v) is 7.90. The normalized spacial score (nSPS) is 12.0. The Morgan fingerprint density at radius 3 is 3.00 bits per heavy atom. The van der Waals surface area contributed by atoms with Gasteiger partial charge in [0, 0.05) is 34.4 Å². The summed E-state index contributed by atoms with van der Waals surface area (Å²) in [4.78, 5) is 18.9. The second-order valence-electron chi connectivity index (χ2n) is 5.91. The molecule has 6 heteroatoms. The molecule has 0 spiro atoms. The van der Waals surface area contributed by atoms with Gasteiger partial charge in [-0.1, -0.05) is 12.2 Å². The number of H-pyrrole nitrogens is 1. The van der Waals surface area contributed by atoms with Crippen LogP contribution in [0.4, 0.5) is 4.79 Å². The van der Waals surface area contributed by atoms with Crippen molar-refractivity contribution < 1.29 is 9.53 Å². The number of ether oxygens (including phenoxy) is 1. The highest BCUT2D eigenvalue weighted by Gasteiger charge is 2.15. The number of carbonyl (C=O) groups is 1. The summed E-state index contributed by atoms with van der Waals surface area (Å²) in [5.74, 6) is 0. The van der Waals surface area contributed by atoms with Crippen LogP contribution in [0.3, 0.4) is 0 Å². The molecular formula is C16H20BrN3O2. The third-order valence-electron chi connectivity index (χ3n) is 2.81. The van der Waals surface area contributed by atoms with Gasteiger partial charge in [-0.15, -0.1) is 0 Å². The minimum atomic E-state index is -0.468. The van der Waals surface area contributed by atoms with E-state index in [-0.39, 0.29) is 6.09 Å². The fourth-order valence-electron chi connectivity index (χ4n) is 1.92. The van der Waals surface area contributed by atoms with Gasteiger partial charge in [0.1, 0.15) is 11.2 Å². The van der Waals surface area contributed by atoms with Crippen LogP contribution >= 0.6 is 15.9 Å². The molecule has 0 bridgehead atoms. The van der Waals surface area contributed by atoms with Crippen LogP contribution in [-0.2, 0) is 4.74 Å². The van der Waals surface area contributed by atoms with Crippen LogP contribution < -0.4 is 5.32 Å². The lowest BCUT2D eigenvalue weighted by Gasteiger charge is -2.19. The number of alkyl carbamates (subject to hydrolysis) is 1. The average molecular weight is 366 g/mol. The third kappa shape index (κ3) is 4.87. The zero-order valence-corrected chi connectivity index (χ0v) is 14.5. The van der Waals surface area contributed by atoms with Crippen molar-refractivity contribution in [3.63, 3.8) is 0 Å². The molecule has 0 atom stereocenters. The molecule has 0 aliphatic carbocycles. The minimum Gasteiger partial charge on any atom is -0.444 e. The van der Waals surface area contributed by atoms with E-state index >= 15 is 0 Å². The zero-order valence-electron chi connectivity index (χ0n) is 12.9. The van der Waals surface area contributed by atoms with Gasteiger partial charge in [-0.25, -0.2) is 9.78 Å². The lowest BCUT2D eigenvalue weighted by atomic mass is 10.2. The van der Waals surface area contributed by atoms with Crippen LogP contribution in [0.2, 0.25) is 0 Å². The number of amides is 1. The van der Waals surface area contributed by atoms with Crippen molar-refractivity contribution in [1.29, 1.82) is 0 Å². The Bertz CT molecular complexity index is 686. The Balaban J connectivity index is 1.85. The molecule has 22 heavy (non-hydrogen) atoms. The van der Waals surface area contributed by atoms with Crippen molar-refractivity contribution in [1.82, 2.24) is 15.3 Å². The van der Waals surface area contributed by atoms with Crippen molar-refractivity contribution in [3.05, 3.63) is 34.6 Å². The molecule has 0 radical (unpaired) electrons. The maximum absolute atomic E-state index is 11.5. The van der Waals surface area contributed by atoms with Crippen LogP contribution in [0.15, 0.2) is 29.0 Å².